The maximum atomic E-state index is 14.3. The molecule has 5 heteroatoms. The van der Waals surface area contributed by atoms with Gasteiger partial charge in [0.1, 0.15) is 17.3 Å². The van der Waals surface area contributed by atoms with E-state index in [9.17, 15) is 9.18 Å². The van der Waals surface area contributed by atoms with Gasteiger partial charge in [0.2, 0.25) is 5.12 Å². The largest absolute Gasteiger partial charge is 0.494 e. The molecule has 0 heterocycles. The van der Waals surface area contributed by atoms with Crippen LogP contribution in [-0.4, -0.2) is 18.3 Å². The molecule has 0 atom stereocenters. The summed E-state index contributed by atoms with van der Waals surface area (Å²) < 4.78 is 25.3. The van der Waals surface area contributed by atoms with Crippen molar-refractivity contribution in [2.45, 2.75) is 57.3 Å². The van der Waals surface area contributed by atoms with Crippen LogP contribution in [-0.2, 0) is 0 Å². The fourth-order valence-corrected chi connectivity index (χ4v) is 3.49. The summed E-state index contributed by atoms with van der Waals surface area (Å²) in [5.74, 6) is 0.774. The Balaban J connectivity index is 1.82. The quantitative estimate of drug-likeness (QED) is 0.285. The van der Waals surface area contributed by atoms with E-state index in [4.69, 9.17) is 9.47 Å². The maximum absolute atomic E-state index is 14.3. The minimum atomic E-state index is -0.440. The van der Waals surface area contributed by atoms with Gasteiger partial charge in [-0.2, -0.15) is 0 Å². The first-order valence-electron chi connectivity index (χ1n) is 10.0. The fraction of sp³-hybridized carbons (Fsp3) is 0.435. The van der Waals surface area contributed by atoms with Crippen LogP contribution in [0.15, 0.2) is 47.4 Å². The van der Waals surface area contributed by atoms with Crippen molar-refractivity contribution in [3.8, 4) is 11.5 Å². The van der Waals surface area contributed by atoms with E-state index in [1.54, 1.807) is 36.4 Å². The molecular formula is C23H29FO3S. The molecule has 0 fully saturated rings. The molecule has 0 bridgehead atoms. The van der Waals surface area contributed by atoms with E-state index in [1.165, 1.54) is 31.7 Å². The predicted molar refractivity (Wildman–Crippen MR) is 113 cm³/mol. The maximum Gasteiger partial charge on any atom is 0.224 e. The highest BCUT2D eigenvalue weighted by atomic mass is 32.2. The van der Waals surface area contributed by atoms with Crippen molar-refractivity contribution in [1.29, 1.82) is 0 Å². The molecule has 2 aromatic rings. The van der Waals surface area contributed by atoms with Gasteiger partial charge in [-0.05, 0) is 61.5 Å². The number of benzene rings is 2. The van der Waals surface area contributed by atoms with Crippen molar-refractivity contribution in [2.24, 2.45) is 0 Å². The monoisotopic (exact) mass is 404 g/mol. The lowest BCUT2D eigenvalue weighted by molar-refractivity contribution is 0.108. The number of hydrogen-bond acceptors (Lipinski definition) is 4. The van der Waals surface area contributed by atoms with Crippen LogP contribution >= 0.6 is 11.8 Å². The van der Waals surface area contributed by atoms with Gasteiger partial charge >= 0.3 is 0 Å². The van der Waals surface area contributed by atoms with E-state index in [1.807, 2.05) is 6.92 Å². The zero-order valence-electron chi connectivity index (χ0n) is 16.7. The lowest BCUT2D eigenvalue weighted by atomic mass is 10.1. The zero-order chi connectivity index (χ0) is 20.2. The fourth-order valence-electron chi connectivity index (χ4n) is 2.74. The molecule has 0 aliphatic rings. The highest BCUT2D eigenvalue weighted by molar-refractivity contribution is 8.14. The summed E-state index contributed by atoms with van der Waals surface area (Å²) in [7, 11) is 0. The van der Waals surface area contributed by atoms with Crippen LogP contribution in [0.2, 0.25) is 0 Å². The Hall–Kier alpha value is -2.01. The second-order valence-corrected chi connectivity index (χ2v) is 7.57. The number of carbonyl (C=O) groups is 1. The van der Waals surface area contributed by atoms with E-state index in [0.717, 1.165) is 24.6 Å². The lowest BCUT2D eigenvalue weighted by Crippen LogP contribution is -1.99. The molecule has 28 heavy (non-hydrogen) atoms. The Labute approximate surface area is 171 Å². The van der Waals surface area contributed by atoms with E-state index < -0.39 is 5.82 Å². The Morgan fingerprint density at radius 3 is 2.25 bits per heavy atom. The van der Waals surface area contributed by atoms with Crippen molar-refractivity contribution >= 4 is 16.9 Å². The van der Waals surface area contributed by atoms with Gasteiger partial charge in [0, 0.05) is 11.6 Å². The molecule has 2 rings (SSSR count). The average molecular weight is 405 g/mol. The molecular weight excluding hydrogens is 375 g/mol. The van der Waals surface area contributed by atoms with Gasteiger partial charge in [-0.1, -0.05) is 39.0 Å². The minimum Gasteiger partial charge on any atom is -0.494 e. The third-order valence-corrected chi connectivity index (χ3v) is 5.25. The third kappa shape index (κ3) is 7.55. The number of thioether (sulfide) groups is 1. The van der Waals surface area contributed by atoms with Crippen LogP contribution in [0.1, 0.15) is 62.7 Å². The second-order valence-electron chi connectivity index (χ2n) is 6.56. The van der Waals surface area contributed by atoms with Gasteiger partial charge in [-0.25, -0.2) is 4.39 Å². The molecule has 0 saturated heterocycles. The third-order valence-electron chi connectivity index (χ3n) is 4.27. The Morgan fingerprint density at radius 2 is 1.57 bits per heavy atom. The van der Waals surface area contributed by atoms with Crippen molar-refractivity contribution < 1.29 is 18.7 Å². The molecule has 3 nitrogen and oxygen atoms in total. The van der Waals surface area contributed by atoms with Gasteiger partial charge in [0.05, 0.1) is 18.1 Å². The van der Waals surface area contributed by atoms with Crippen LogP contribution in [0.25, 0.3) is 0 Å². The normalized spacial score (nSPS) is 10.7. The Kier molecular flexibility index (Phi) is 9.91. The topological polar surface area (TPSA) is 35.5 Å². The molecule has 0 aliphatic heterocycles. The van der Waals surface area contributed by atoms with E-state index in [-0.39, 0.29) is 5.12 Å². The highest BCUT2D eigenvalue weighted by Crippen LogP contribution is 2.29. The standard InChI is InChI=1S/C23H29FO3S/c1-3-5-6-7-8-9-16-27-20-14-15-22(21(24)17-20)28-23(25)18-10-12-19(13-11-18)26-4-2/h10-15,17H,3-9,16H2,1-2H3. The predicted octanol–water partition coefficient (Wildman–Crippen LogP) is 6.90. The van der Waals surface area contributed by atoms with Gasteiger partial charge in [0.15, 0.2) is 0 Å². The second kappa shape index (κ2) is 12.4. The summed E-state index contributed by atoms with van der Waals surface area (Å²) in [6.07, 6.45) is 7.10. The van der Waals surface area contributed by atoms with Crippen molar-refractivity contribution in [2.75, 3.05) is 13.2 Å². The average Bonchev–Trinajstić information content (AvgIpc) is 2.70. The van der Waals surface area contributed by atoms with Gasteiger partial charge in [0.25, 0.3) is 0 Å². The van der Waals surface area contributed by atoms with Crippen LogP contribution < -0.4 is 9.47 Å². The summed E-state index contributed by atoms with van der Waals surface area (Å²) in [4.78, 5) is 12.7. The lowest BCUT2D eigenvalue weighted by Gasteiger charge is -2.08. The summed E-state index contributed by atoms with van der Waals surface area (Å²) >= 11 is 0.880. The first-order valence-corrected chi connectivity index (χ1v) is 10.8. The van der Waals surface area contributed by atoms with Crippen LogP contribution in [0.3, 0.4) is 0 Å². The zero-order valence-corrected chi connectivity index (χ0v) is 17.5. The smallest absolute Gasteiger partial charge is 0.224 e. The highest BCUT2D eigenvalue weighted by Gasteiger charge is 2.13. The molecule has 0 N–H and O–H groups in total. The molecule has 0 spiro atoms. The molecule has 2 aromatic carbocycles. The Morgan fingerprint density at radius 1 is 0.893 bits per heavy atom. The first kappa shape index (κ1) is 22.3. The van der Waals surface area contributed by atoms with Crippen molar-refractivity contribution in [1.82, 2.24) is 0 Å². The van der Waals surface area contributed by atoms with Crippen molar-refractivity contribution in [3.63, 3.8) is 0 Å². The van der Waals surface area contributed by atoms with Crippen molar-refractivity contribution in [3.05, 3.63) is 53.8 Å². The number of carbonyl (C=O) groups excluding carboxylic acids is 1. The molecule has 0 aliphatic carbocycles. The molecule has 0 saturated carbocycles. The molecule has 0 unspecified atom stereocenters. The number of ether oxygens (including phenoxy) is 2. The molecule has 152 valence electrons. The summed E-state index contributed by atoms with van der Waals surface area (Å²) in [6, 6.07) is 11.5. The number of hydrogen-bond donors (Lipinski definition) is 0. The van der Waals surface area contributed by atoms with Crippen LogP contribution in [0.5, 0.6) is 11.5 Å². The SMILES string of the molecule is CCCCCCCCOc1ccc(SC(=O)c2ccc(OCC)cc2)c(F)c1. The first-order chi connectivity index (χ1) is 13.6. The minimum absolute atomic E-state index is 0.206. The van der Waals surface area contributed by atoms with Crippen LogP contribution in [0.4, 0.5) is 4.39 Å². The number of halogens is 1. The van der Waals surface area contributed by atoms with Gasteiger partial charge < -0.3 is 9.47 Å². The molecule has 0 radical (unpaired) electrons. The summed E-state index contributed by atoms with van der Waals surface area (Å²) in [6.45, 7) is 5.26. The number of unbranched alkanes of at least 4 members (excludes halogenated alkanes) is 5. The summed E-state index contributed by atoms with van der Waals surface area (Å²) in [5, 5.41) is -0.206. The molecule has 0 amide bonds. The van der Waals surface area contributed by atoms with Gasteiger partial charge in [-0.15, -0.1) is 0 Å². The molecule has 0 aromatic heterocycles. The van der Waals surface area contributed by atoms with Gasteiger partial charge in [-0.3, -0.25) is 4.79 Å². The van der Waals surface area contributed by atoms with E-state index in [0.29, 0.717) is 35.2 Å². The van der Waals surface area contributed by atoms with Crippen LogP contribution in [0, 0.1) is 5.82 Å². The summed E-state index contributed by atoms with van der Waals surface area (Å²) in [5.41, 5.74) is 0.510. The van der Waals surface area contributed by atoms with E-state index in [2.05, 4.69) is 6.92 Å². The Bertz CT molecular complexity index is 731. The number of rotatable bonds is 12. The van der Waals surface area contributed by atoms with E-state index >= 15 is 0 Å².